The SMILES string of the molecule is C=C1[C@@H](O)C23CC[C@@H]1[C@H](OC(C)=O)[C@H]2C12[C@@H](O)CCC4(C)CN(CC)[C@@H]1[C@H]3C[C@@H]42. The average Bonchev–Trinajstić information content (AvgIpc) is 3.12. The maximum Gasteiger partial charge on any atom is 0.302 e. The minimum atomic E-state index is -0.539. The number of carbonyl (C=O) groups excluding carboxylic acids is 1. The van der Waals surface area contributed by atoms with E-state index < -0.39 is 6.10 Å². The summed E-state index contributed by atoms with van der Waals surface area (Å²) in [4.78, 5) is 14.8. The van der Waals surface area contributed by atoms with Crippen molar-refractivity contribution in [2.24, 2.45) is 39.9 Å². The summed E-state index contributed by atoms with van der Waals surface area (Å²) in [7, 11) is 0. The first-order valence-corrected chi connectivity index (χ1v) is 11.7. The van der Waals surface area contributed by atoms with Crippen LogP contribution in [0.25, 0.3) is 0 Å². The number of aliphatic hydroxyl groups is 2. The number of rotatable bonds is 2. The second-order valence-corrected chi connectivity index (χ2v) is 11.4. The Morgan fingerprint density at radius 3 is 2.76 bits per heavy atom. The van der Waals surface area contributed by atoms with Gasteiger partial charge in [0.1, 0.15) is 6.10 Å². The number of likely N-dealkylation sites (tertiary alicyclic amines) is 1. The highest BCUT2D eigenvalue weighted by molar-refractivity contribution is 5.66. The summed E-state index contributed by atoms with van der Waals surface area (Å²) in [5, 5.41) is 23.3. The van der Waals surface area contributed by atoms with Crippen LogP contribution in [0.5, 0.6) is 0 Å². The predicted molar refractivity (Wildman–Crippen MR) is 108 cm³/mol. The van der Waals surface area contributed by atoms with E-state index in [0.717, 1.165) is 50.8 Å². The highest BCUT2D eigenvalue weighted by Gasteiger charge is 2.86. The third-order valence-corrected chi connectivity index (χ3v) is 10.8. The first kappa shape index (κ1) is 18.8. The van der Waals surface area contributed by atoms with E-state index >= 15 is 0 Å². The summed E-state index contributed by atoms with van der Waals surface area (Å²) >= 11 is 0. The highest BCUT2D eigenvalue weighted by Crippen LogP contribution is 2.83. The molecule has 160 valence electrons. The summed E-state index contributed by atoms with van der Waals surface area (Å²) in [6.07, 6.45) is 3.72. The van der Waals surface area contributed by atoms with Gasteiger partial charge in [-0.25, -0.2) is 0 Å². The fourth-order valence-corrected chi connectivity index (χ4v) is 10.3. The third-order valence-electron chi connectivity index (χ3n) is 10.8. The molecule has 1 aliphatic heterocycles. The summed E-state index contributed by atoms with van der Waals surface area (Å²) < 4.78 is 6.07. The van der Waals surface area contributed by atoms with Crippen LogP contribution in [0.3, 0.4) is 0 Å². The first-order chi connectivity index (χ1) is 13.7. The van der Waals surface area contributed by atoms with Gasteiger partial charge in [-0.15, -0.1) is 0 Å². The van der Waals surface area contributed by atoms with Crippen molar-refractivity contribution in [1.82, 2.24) is 4.90 Å². The van der Waals surface area contributed by atoms with Gasteiger partial charge in [0, 0.05) is 42.2 Å². The Bertz CT molecular complexity index is 798. The van der Waals surface area contributed by atoms with Gasteiger partial charge in [-0.05, 0) is 61.5 Å². The van der Waals surface area contributed by atoms with Crippen LogP contribution in [0.2, 0.25) is 0 Å². The number of ether oxygens (including phenoxy) is 1. The van der Waals surface area contributed by atoms with E-state index in [2.05, 4.69) is 25.3 Å². The van der Waals surface area contributed by atoms with Crippen LogP contribution in [0.1, 0.15) is 52.9 Å². The van der Waals surface area contributed by atoms with Gasteiger partial charge in [-0.1, -0.05) is 20.4 Å². The van der Waals surface area contributed by atoms with Gasteiger partial charge >= 0.3 is 5.97 Å². The van der Waals surface area contributed by atoms with Crippen molar-refractivity contribution in [3.63, 3.8) is 0 Å². The Morgan fingerprint density at radius 2 is 2.07 bits per heavy atom. The normalized spacial score (nSPS) is 59.7. The van der Waals surface area contributed by atoms with Crippen molar-refractivity contribution < 1.29 is 19.7 Å². The quantitative estimate of drug-likeness (QED) is 0.549. The van der Waals surface area contributed by atoms with Crippen molar-refractivity contribution >= 4 is 5.97 Å². The number of aliphatic hydroxyl groups excluding tert-OH is 2. The van der Waals surface area contributed by atoms with Crippen LogP contribution in [0.15, 0.2) is 12.2 Å². The van der Waals surface area contributed by atoms with Crippen LogP contribution in [0, 0.1) is 39.9 Å². The lowest BCUT2D eigenvalue weighted by atomic mass is 9.38. The number of hydrogen-bond acceptors (Lipinski definition) is 5. The lowest BCUT2D eigenvalue weighted by Crippen LogP contribution is -2.72. The standard InChI is InChI=1S/C24H35NO4/c1-5-25-11-22(4)8-7-17(27)24-16(22)10-15(20(24)25)23-9-6-14(12(2)21(23)28)18(19(23)24)29-13(3)26/h14-21,27-28H,2,5-11H2,1,3-4H3/t14-,15+,16-,17-,18-,19+,20+,21+,22?,23?,24?/m0/s1. The van der Waals surface area contributed by atoms with Gasteiger partial charge in [0.15, 0.2) is 0 Å². The second kappa shape index (κ2) is 5.46. The number of hydrogen-bond donors (Lipinski definition) is 2. The Hall–Kier alpha value is -0.910. The minimum Gasteiger partial charge on any atom is -0.462 e. The molecule has 7 aliphatic rings. The molecule has 5 heteroatoms. The van der Waals surface area contributed by atoms with Gasteiger partial charge in [0.2, 0.25) is 0 Å². The molecule has 0 aromatic rings. The van der Waals surface area contributed by atoms with Crippen molar-refractivity contribution in [1.29, 1.82) is 0 Å². The molecule has 0 aromatic heterocycles. The van der Waals surface area contributed by atoms with Gasteiger partial charge in [-0.2, -0.15) is 0 Å². The molecule has 0 aromatic carbocycles. The van der Waals surface area contributed by atoms with Crippen molar-refractivity contribution in [2.75, 3.05) is 13.1 Å². The van der Waals surface area contributed by atoms with E-state index in [1.165, 1.54) is 6.92 Å². The molecule has 6 saturated carbocycles. The molecule has 0 amide bonds. The second-order valence-electron chi connectivity index (χ2n) is 11.4. The van der Waals surface area contributed by atoms with E-state index in [1.54, 1.807) is 0 Å². The van der Waals surface area contributed by atoms with E-state index in [0.29, 0.717) is 11.8 Å². The molecule has 7 bridgehead atoms. The summed E-state index contributed by atoms with van der Waals surface area (Å²) in [5.41, 5.74) is 0.492. The molecule has 7 fully saturated rings. The third kappa shape index (κ3) is 1.77. The van der Waals surface area contributed by atoms with Crippen LogP contribution >= 0.6 is 0 Å². The summed E-state index contributed by atoms with van der Waals surface area (Å²) in [6, 6.07) is 0.281. The fraction of sp³-hybridized carbons (Fsp3) is 0.875. The molecule has 1 heterocycles. The lowest BCUT2D eigenvalue weighted by Gasteiger charge is -2.69. The summed E-state index contributed by atoms with van der Waals surface area (Å²) in [5.74, 6) is 0.606. The van der Waals surface area contributed by atoms with E-state index in [9.17, 15) is 15.0 Å². The molecule has 6 aliphatic carbocycles. The van der Waals surface area contributed by atoms with Crippen molar-refractivity contribution in [3.8, 4) is 0 Å². The monoisotopic (exact) mass is 401 g/mol. The van der Waals surface area contributed by atoms with Crippen molar-refractivity contribution in [2.45, 2.75) is 77.2 Å². The fourth-order valence-electron chi connectivity index (χ4n) is 10.3. The van der Waals surface area contributed by atoms with Crippen LogP contribution in [0.4, 0.5) is 0 Å². The van der Waals surface area contributed by atoms with Gasteiger partial charge in [0.05, 0.1) is 12.2 Å². The Labute approximate surface area is 173 Å². The molecule has 7 rings (SSSR count). The van der Waals surface area contributed by atoms with Gasteiger partial charge < -0.3 is 14.9 Å². The smallest absolute Gasteiger partial charge is 0.302 e. The zero-order valence-electron chi connectivity index (χ0n) is 17.9. The molecule has 11 atom stereocenters. The average molecular weight is 402 g/mol. The summed E-state index contributed by atoms with van der Waals surface area (Å²) in [6.45, 7) is 12.5. The van der Waals surface area contributed by atoms with Crippen molar-refractivity contribution in [3.05, 3.63) is 12.2 Å². The van der Waals surface area contributed by atoms with Gasteiger partial charge in [0.25, 0.3) is 0 Å². The zero-order valence-corrected chi connectivity index (χ0v) is 17.9. The number of piperidine rings is 1. The lowest BCUT2D eigenvalue weighted by molar-refractivity contribution is -0.261. The maximum absolute atomic E-state index is 12.2. The molecular formula is C24H35NO4. The Morgan fingerprint density at radius 1 is 1.31 bits per heavy atom. The molecule has 0 radical (unpaired) electrons. The molecule has 1 saturated heterocycles. The Kier molecular flexibility index (Phi) is 3.55. The molecule has 2 N–H and O–H groups in total. The zero-order chi connectivity index (χ0) is 20.5. The Balaban J connectivity index is 1.61. The largest absolute Gasteiger partial charge is 0.462 e. The first-order valence-electron chi connectivity index (χ1n) is 11.7. The highest BCUT2D eigenvalue weighted by atomic mass is 16.5. The number of nitrogens with zero attached hydrogens (tertiary/aromatic N) is 1. The van der Waals surface area contributed by atoms with Gasteiger partial charge in [-0.3, -0.25) is 9.69 Å². The molecule has 5 nitrogen and oxygen atoms in total. The number of fused-ring (bicyclic) bond motifs is 2. The van der Waals surface area contributed by atoms with Crippen LogP contribution in [-0.4, -0.2) is 58.5 Å². The minimum absolute atomic E-state index is 0.0192. The molecule has 29 heavy (non-hydrogen) atoms. The van der Waals surface area contributed by atoms with E-state index in [4.69, 9.17) is 4.74 Å². The van der Waals surface area contributed by atoms with Crippen LogP contribution < -0.4 is 0 Å². The van der Waals surface area contributed by atoms with E-state index in [1.807, 2.05) is 0 Å². The molecule has 2 spiro atoms. The number of esters is 1. The topological polar surface area (TPSA) is 70.0 Å². The van der Waals surface area contributed by atoms with E-state index in [-0.39, 0.29) is 52.3 Å². The van der Waals surface area contributed by atoms with Crippen LogP contribution in [-0.2, 0) is 9.53 Å². The predicted octanol–water partition coefficient (Wildman–Crippen LogP) is 2.36. The molecular weight excluding hydrogens is 366 g/mol. The maximum atomic E-state index is 12.2. The number of carbonyl (C=O) groups is 1. The molecule has 3 unspecified atom stereocenters.